The van der Waals surface area contributed by atoms with Gasteiger partial charge in [0.05, 0.1) is 6.61 Å². The molecular formula is C59H102O5. The lowest BCUT2D eigenvalue weighted by Crippen LogP contribution is -2.30. The smallest absolute Gasteiger partial charge is 0.306 e. The number of esters is 2. The monoisotopic (exact) mass is 891 g/mol. The Morgan fingerprint density at radius 1 is 0.359 bits per heavy atom. The predicted molar refractivity (Wildman–Crippen MR) is 279 cm³/mol. The normalized spacial score (nSPS) is 12.9. The lowest BCUT2D eigenvalue weighted by molar-refractivity contribution is -0.163. The number of ether oxygens (including phenoxy) is 3. The first kappa shape index (κ1) is 61.1. The van der Waals surface area contributed by atoms with Crippen molar-refractivity contribution >= 4 is 11.9 Å². The van der Waals surface area contributed by atoms with Gasteiger partial charge in [0.25, 0.3) is 0 Å². The molecule has 0 aromatic rings. The van der Waals surface area contributed by atoms with Crippen LogP contribution in [-0.2, 0) is 23.8 Å². The number of rotatable bonds is 49. The zero-order valence-electron chi connectivity index (χ0n) is 42.3. The van der Waals surface area contributed by atoms with Gasteiger partial charge in [0.1, 0.15) is 6.61 Å². The molecule has 1 atom stereocenters. The van der Waals surface area contributed by atoms with Crippen molar-refractivity contribution in [2.24, 2.45) is 0 Å². The largest absolute Gasteiger partial charge is 0.462 e. The van der Waals surface area contributed by atoms with Gasteiger partial charge in [-0.1, -0.05) is 209 Å². The van der Waals surface area contributed by atoms with E-state index in [0.29, 0.717) is 19.4 Å². The van der Waals surface area contributed by atoms with Gasteiger partial charge in [0.2, 0.25) is 0 Å². The van der Waals surface area contributed by atoms with Crippen molar-refractivity contribution in [3.63, 3.8) is 0 Å². The quantitative estimate of drug-likeness (QED) is 0.0346. The summed E-state index contributed by atoms with van der Waals surface area (Å²) >= 11 is 0. The van der Waals surface area contributed by atoms with E-state index in [2.05, 4.69) is 106 Å². The van der Waals surface area contributed by atoms with Crippen LogP contribution in [0.1, 0.15) is 252 Å². The SMILES string of the molecule is CC/C=C\C/C=C\C/C=C\CCCCCCOCC(COC(=O)CCCCCCCCCCC/C=C\C/C=C\CCCCC)OC(=O)CCCCCCC/C=C\C/C=C\CCCCC. The molecule has 0 aliphatic carbocycles. The molecule has 0 aliphatic heterocycles. The molecule has 0 bridgehead atoms. The molecule has 0 saturated carbocycles. The van der Waals surface area contributed by atoms with Gasteiger partial charge in [-0.3, -0.25) is 9.59 Å². The van der Waals surface area contributed by atoms with Gasteiger partial charge in [-0.25, -0.2) is 0 Å². The second kappa shape index (κ2) is 54.4. The Hall–Kier alpha value is -2.92. The van der Waals surface area contributed by atoms with E-state index in [9.17, 15) is 9.59 Å². The van der Waals surface area contributed by atoms with Crippen LogP contribution in [0.4, 0.5) is 0 Å². The van der Waals surface area contributed by atoms with Gasteiger partial charge < -0.3 is 14.2 Å². The topological polar surface area (TPSA) is 61.8 Å². The molecule has 0 heterocycles. The minimum Gasteiger partial charge on any atom is -0.462 e. The van der Waals surface area contributed by atoms with Crippen molar-refractivity contribution in [1.82, 2.24) is 0 Å². The summed E-state index contributed by atoms with van der Waals surface area (Å²) in [6.45, 7) is 7.61. The highest BCUT2D eigenvalue weighted by Crippen LogP contribution is 2.14. The minimum atomic E-state index is -0.561. The van der Waals surface area contributed by atoms with Gasteiger partial charge in [-0.2, -0.15) is 0 Å². The second-order valence-electron chi connectivity index (χ2n) is 17.7. The van der Waals surface area contributed by atoms with Crippen molar-refractivity contribution in [2.45, 2.75) is 258 Å². The van der Waals surface area contributed by atoms with Crippen LogP contribution in [-0.4, -0.2) is 37.9 Å². The molecule has 0 aliphatic rings. The molecule has 0 rings (SSSR count). The maximum atomic E-state index is 12.8. The van der Waals surface area contributed by atoms with E-state index in [1.807, 2.05) is 0 Å². The van der Waals surface area contributed by atoms with Crippen molar-refractivity contribution in [1.29, 1.82) is 0 Å². The summed E-state index contributed by atoms with van der Waals surface area (Å²) in [5.41, 5.74) is 0. The van der Waals surface area contributed by atoms with Gasteiger partial charge in [-0.05, 0) is 116 Å². The summed E-state index contributed by atoms with van der Waals surface area (Å²) in [6.07, 6.45) is 71.6. The minimum absolute atomic E-state index is 0.0651. The zero-order chi connectivity index (χ0) is 46.3. The molecule has 0 spiro atoms. The van der Waals surface area contributed by atoms with Crippen LogP contribution in [0.5, 0.6) is 0 Å². The van der Waals surface area contributed by atoms with Crippen molar-refractivity contribution in [3.8, 4) is 0 Å². The molecule has 1 unspecified atom stereocenters. The van der Waals surface area contributed by atoms with Crippen LogP contribution in [0.2, 0.25) is 0 Å². The van der Waals surface area contributed by atoms with E-state index < -0.39 is 6.10 Å². The number of hydrogen-bond acceptors (Lipinski definition) is 5. The molecule has 368 valence electrons. The molecule has 0 saturated heterocycles. The van der Waals surface area contributed by atoms with Crippen LogP contribution in [0.15, 0.2) is 85.1 Å². The summed E-state index contributed by atoms with van der Waals surface area (Å²) in [6, 6.07) is 0. The summed E-state index contributed by atoms with van der Waals surface area (Å²) in [7, 11) is 0. The van der Waals surface area contributed by atoms with Crippen molar-refractivity contribution in [2.75, 3.05) is 19.8 Å². The van der Waals surface area contributed by atoms with Crippen molar-refractivity contribution in [3.05, 3.63) is 85.1 Å². The van der Waals surface area contributed by atoms with Gasteiger partial charge >= 0.3 is 11.9 Å². The molecule has 5 heteroatoms. The van der Waals surface area contributed by atoms with Crippen LogP contribution >= 0.6 is 0 Å². The highest BCUT2D eigenvalue weighted by molar-refractivity contribution is 5.70. The lowest BCUT2D eigenvalue weighted by Gasteiger charge is -2.18. The number of carbonyl (C=O) groups excluding carboxylic acids is 2. The highest BCUT2D eigenvalue weighted by atomic mass is 16.6. The highest BCUT2D eigenvalue weighted by Gasteiger charge is 2.17. The Morgan fingerprint density at radius 2 is 0.703 bits per heavy atom. The van der Waals surface area contributed by atoms with Crippen molar-refractivity contribution < 1.29 is 23.8 Å². The zero-order valence-corrected chi connectivity index (χ0v) is 42.3. The Bertz CT molecular complexity index is 1190. The average Bonchev–Trinajstić information content (AvgIpc) is 3.30. The van der Waals surface area contributed by atoms with E-state index >= 15 is 0 Å². The van der Waals surface area contributed by atoms with E-state index in [0.717, 1.165) is 96.3 Å². The molecule has 0 amide bonds. The molecule has 0 N–H and O–H groups in total. The number of allylic oxidation sites excluding steroid dienone is 14. The maximum absolute atomic E-state index is 12.8. The lowest BCUT2D eigenvalue weighted by atomic mass is 10.1. The third kappa shape index (κ3) is 51.7. The van der Waals surface area contributed by atoms with Crippen LogP contribution in [0.25, 0.3) is 0 Å². The van der Waals surface area contributed by atoms with Crippen LogP contribution in [0, 0.1) is 0 Å². The van der Waals surface area contributed by atoms with Gasteiger partial charge in [-0.15, -0.1) is 0 Å². The van der Waals surface area contributed by atoms with E-state index in [4.69, 9.17) is 14.2 Å². The third-order valence-electron chi connectivity index (χ3n) is 11.4. The molecule has 0 aromatic carbocycles. The third-order valence-corrected chi connectivity index (χ3v) is 11.4. The first-order chi connectivity index (χ1) is 31.6. The molecule has 64 heavy (non-hydrogen) atoms. The average molecular weight is 891 g/mol. The fourth-order valence-corrected chi connectivity index (χ4v) is 7.35. The fraction of sp³-hybridized carbons (Fsp3) is 0.729. The van der Waals surface area contributed by atoms with Gasteiger partial charge in [0, 0.05) is 19.4 Å². The Morgan fingerprint density at radius 3 is 1.12 bits per heavy atom. The maximum Gasteiger partial charge on any atom is 0.306 e. The first-order valence-corrected chi connectivity index (χ1v) is 27.1. The predicted octanol–water partition coefficient (Wildman–Crippen LogP) is 18.5. The summed E-state index contributed by atoms with van der Waals surface area (Å²) in [5, 5.41) is 0. The first-order valence-electron chi connectivity index (χ1n) is 27.1. The van der Waals surface area contributed by atoms with Crippen LogP contribution in [0.3, 0.4) is 0 Å². The number of carbonyl (C=O) groups is 2. The Kier molecular flexibility index (Phi) is 51.9. The molecule has 5 nitrogen and oxygen atoms in total. The molecular weight excluding hydrogens is 789 g/mol. The standard InChI is InChI=1S/C59H102O5/c1-4-7-10-13-16-19-22-25-28-29-30-31-33-34-37-40-43-46-49-52-58(60)63-56-57(55-62-54-51-48-45-42-39-36-27-24-21-18-15-12-9-6-3)64-59(61)53-50-47-44-41-38-35-32-26-23-20-17-14-11-8-5-2/h9,12,16-21,25-28,32,36,57H,4-8,10-11,13-15,22-24,29-31,33-35,37-56H2,1-3H3/b12-9-,19-16-,20-17-,21-18-,28-25-,32-26-,36-27-. The number of hydrogen-bond donors (Lipinski definition) is 0. The molecule has 0 aromatic heterocycles. The van der Waals surface area contributed by atoms with E-state index in [-0.39, 0.29) is 25.2 Å². The Labute approximate surface area is 397 Å². The summed E-state index contributed by atoms with van der Waals surface area (Å²) in [5.74, 6) is -0.429. The van der Waals surface area contributed by atoms with Crippen LogP contribution < -0.4 is 0 Å². The fourth-order valence-electron chi connectivity index (χ4n) is 7.35. The summed E-state index contributed by atoms with van der Waals surface area (Å²) < 4.78 is 17.4. The molecule has 0 fully saturated rings. The van der Waals surface area contributed by atoms with E-state index in [1.54, 1.807) is 0 Å². The number of unbranched alkanes of at least 4 members (excludes halogenated alkanes) is 24. The van der Waals surface area contributed by atoms with Gasteiger partial charge in [0.15, 0.2) is 6.10 Å². The molecule has 0 radical (unpaired) electrons. The second-order valence-corrected chi connectivity index (χ2v) is 17.7. The Balaban J connectivity index is 4.31. The van der Waals surface area contributed by atoms with E-state index in [1.165, 1.54) is 122 Å². The summed E-state index contributed by atoms with van der Waals surface area (Å²) in [4.78, 5) is 25.5.